The lowest BCUT2D eigenvalue weighted by Crippen LogP contribution is -2.36. The van der Waals surface area contributed by atoms with Crippen LogP contribution < -0.4 is 5.32 Å². The maximum atomic E-state index is 3.79. The van der Waals surface area contributed by atoms with E-state index >= 15 is 0 Å². The minimum absolute atomic E-state index is 0.233. The molecule has 0 amide bonds. The summed E-state index contributed by atoms with van der Waals surface area (Å²) in [5.74, 6) is 0. The highest BCUT2D eigenvalue weighted by atomic mass is 14.9. The molecule has 0 heterocycles. The molecule has 1 heteroatoms. The largest absolute Gasteiger partial charge is 0.312 e. The van der Waals surface area contributed by atoms with E-state index in [9.17, 15) is 0 Å². The summed E-state index contributed by atoms with van der Waals surface area (Å²) in [5, 5.41) is 3.41. The Hall–Kier alpha value is -0.560. The highest BCUT2D eigenvalue weighted by Gasteiger charge is 2.05. The van der Waals surface area contributed by atoms with E-state index in [1.807, 2.05) is 6.92 Å². The van der Waals surface area contributed by atoms with Crippen molar-refractivity contribution < 1.29 is 0 Å². The molecule has 0 spiro atoms. The Balaban J connectivity index is 3.40. The summed E-state index contributed by atoms with van der Waals surface area (Å²) < 4.78 is 0. The second-order valence-electron chi connectivity index (χ2n) is 4.21. The van der Waals surface area contributed by atoms with Gasteiger partial charge in [-0.15, -0.1) is 0 Å². The van der Waals surface area contributed by atoms with Gasteiger partial charge in [0, 0.05) is 5.54 Å². The third kappa shape index (κ3) is 9.44. The van der Waals surface area contributed by atoms with Crippen LogP contribution in [0.15, 0.2) is 24.3 Å². The van der Waals surface area contributed by atoms with Gasteiger partial charge in [0.25, 0.3) is 0 Å². The molecule has 0 aromatic carbocycles. The standard InChI is InChI=1S/C11H21N/c1-10(2)8-6-7-9-12-11(3,4)5/h6,8,12H,1,7,9H2,2-5H3. The van der Waals surface area contributed by atoms with Gasteiger partial charge in [0.2, 0.25) is 0 Å². The fourth-order valence-corrected chi connectivity index (χ4v) is 0.815. The van der Waals surface area contributed by atoms with E-state index in [4.69, 9.17) is 0 Å². The van der Waals surface area contributed by atoms with Crippen LogP contribution >= 0.6 is 0 Å². The molecule has 0 aliphatic heterocycles. The molecular weight excluding hydrogens is 146 g/mol. The van der Waals surface area contributed by atoms with E-state index in [1.54, 1.807) is 0 Å². The SMILES string of the molecule is C=C(C)C=CCCNC(C)(C)C. The lowest BCUT2D eigenvalue weighted by molar-refractivity contribution is 0.431. The fourth-order valence-electron chi connectivity index (χ4n) is 0.815. The maximum absolute atomic E-state index is 3.79. The quantitative estimate of drug-likeness (QED) is 0.501. The van der Waals surface area contributed by atoms with Crippen LogP contribution in [0.3, 0.4) is 0 Å². The smallest absolute Gasteiger partial charge is 0.00966 e. The van der Waals surface area contributed by atoms with Crippen molar-refractivity contribution in [1.82, 2.24) is 5.32 Å². The molecule has 0 bridgehead atoms. The fraction of sp³-hybridized carbons (Fsp3) is 0.636. The summed E-state index contributed by atoms with van der Waals surface area (Å²) in [6.07, 6.45) is 5.29. The first-order valence-electron chi connectivity index (χ1n) is 4.49. The van der Waals surface area contributed by atoms with Crippen molar-refractivity contribution in [1.29, 1.82) is 0 Å². The van der Waals surface area contributed by atoms with Gasteiger partial charge in [-0.25, -0.2) is 0 Å². The molecule has 1 N–H and O–H groups in total. The van der Waals surface area contributed by atoms with Gasteiger partial charge in [0.15, 0.2) is 0 Å². The summed E-state index contributed by atoms with van der Waals surface area (Å²) in [7, 11) is 0. The predicted octanol–water partition coefficient (Wildman–Crippen LogP) is 2.90. The summed E-state index contributed by atoms with van der Waals surface area (Å²) in [6, 6.07) is 0. The highest BCUT2D eigenvalue weighted by molar-refractivity contribution is 5.10. The lowest BCUT2D eigenvalue weighted by Gasteiger charge is -2.19. The minimum Gasteiger partial charge on any atom is -0.312 e. The molecule has 0 fully saturated rings. The van der Waals surface area contributed by atoms with E-state index in [0.29, 0.717) is 0 Å². The minimum atomic E-state index is 0.233. The Bertz CT molecular complexity index is 160. The normalized spacial score (nSPS) is 12.3. The van der Waals surface area contributed by atoms with Crippen LogP contribution in [0.5, 0.6) is 0 Å². The molecule has 0 atom stereocenters. The van der Waals surface area contributed by atoms with Crippen molar-refractivity contribution >= 4 is 0 Å². The Labute approximate surface area is 76.6 Å². The average molecular weight is 167 g/mol. The average Bonchev–Trinajstić information content (AvgIpc) is 1.83. The summed E-state index contributed by atoms with van der Waals surface area (Å²) in [4.78, 5) is 0. The molecule has 0 unspecified atom stereocenters. The van der Waals surface area contributed by atoms with Gasteiger partial charge >= 0.3 is 0 Å². The van der Waals surface area contributed by atoms with Crippen LogP contribution in [0.4, 0.5) is 0 Å². The van der Waals surface area contributed by atoms with Crippen LogP contribution in [-0.4, -0.2) is 12.1 Å². The van der Waals surface area contributed by atoms with E-state index in [2.05, 4.69) is 44.8 Å². The highest BCUT2D eigenvalue weighted by Crippen LogP contribution is 1.98. The second kappa shape index (κ2) is 5.15. The molecule has 70 valence electrons. The van der Waals surface area contributed by atoms with Gasteiger partial charge in [0.1, 0.15) is 0 Å². The molecule has 0 rings (SSSR count). The van der Waals surface area contributed by atoms with Gasteiger partial charge in [0.05, 0.1) is 0 Å². The third-order valence-electron chi connectivity index (χ3n) is 1.37. The van der Waals surface area contributed by atoms with E-state index in [0.717, 1.165) is 18.5 Å². The zero-order valence-corrected chi connectivity index (χ0v) is 8.78. The second-order valence-corrected chi connectivity index (χ2v) is 4.21. The van der Waals surface area contributed by atoms with Gasteiger partial charge in [-0.05, 0) is 40.7 Å². The summed E-state index contributed by atoms with van der Waals surface area (Å²) >= 11 is 0. The van der Waals surface area contributed by atoms with Crippen LogP contribution in [0, 0.1) is 0 Å². The van der Waals surface area contributed by atoms with Crippen molar-refractivity contribution in [3.05, 3.63) is 24.3 Å². The molecule has 0 aliphatic carbocycles. The summed E-state index contributed by atoms with van der Waals surface area (Å²) in [6.45, 7) is 13.4. The van der Waals surface area contributed by atoms with Crippen molar-refractivity contribution in [3.63, 3.8) is 0 Å². The monoisotopic (exact) mass is 167 g/mol. The van der Waals surface area contributed by atoms with Gasteiger partial charge < -0.3 is 5.32 Å². The van der Waals surface area contributed by atoms with Crippen molar-refractivity contribution in [3.8, 4) is 0 Å². The van der Waals surface area contributed by atoms with Crippen LogP contribution in [0.25, 0.3) is 0 Å². The number of hydrogen-bond donors (Lipinski definition) is 1. The molecule has 0 saturated carbocycles. The summed E-state index contributed by atoms with van der Waals surface area (Å²) in [5.41, 5.74) is 1.35. The predicted molar refractivity (Wildman–Crippen MR) is 56.3 cm³/mol. The number of rotatable bonds is 4. The molecule has 12 heavy (non-hydrogen) atoms. The maximum Gasteiger partial charge on any atom is 0.00966 e. The zero-order valence-electron chi connectivity index (χ0n) is 8.78. The first kappa shape index (κ1) is 11.4. The van der Waals surface area contributed by atoms with Crippen LogP contribution in [-0.2, 0) is 0 Å². The Morgan fingerprint density at radius 3 is 2.42 bits per heavy atom. The molecular formula is C11H21N. The van der Waals surface area contributed by atoms with Gasteiger partial charge in [-0.3, -0.25) is 0 Å². The molecule has 0 aromatic heterocycles. The van der Waals surface area contributed by atoms with Gasteiger partial charge in [-0.2, -0.15) is 0 Å². The molecule has 0 saturated heterocycles. The molecule has 0 aromatic rings. The first-order valence-corrected chi connectivity index (χ1v) is 4.49. The van der Waals surface area contributed by atoms with E-state index in [-0.39, 0.29) is 5.54 Å². The molecule has 1 nitrogen and oxygen atoms in total. The molecule has 0 aliphatic rings. The molecule has 0 radical (unpaired) electrons. The van der Waals surface area contributed by atoms with E-state index in [1.165, 1.54) is 0 Å². The number of allylic oxidation sites excluding steroid dienone is 2. The Kier molecular flexibility index (Phi) is 4.91. The van der Waals surface area contributed by atoms with Crippen LogP contribution in [0.1, 0.15) is 34.1 Å². The lowest BCUT2D eigenvalue weighted by atomic mass is 10.1. The van der Waals surface area contributed by atoms with Crippen molar-refractivity contribution in [2.45, 2.75) is 39.7 Å². The zero-order chi connectivity index (χ0) is 9.61. The van der Waals surface area contributed by atoms with Gasteiger partial charge in [-0.1, -0.05) is 24.3 Å². The third-order valence-corrected chi connectivity index (χ3v) is 1.37. The number of nitrogens with one attached hydrogen (secondary N) is 1. The first-order chi connectivity index (χ1) is 5.42. The Morgan fingerprint density at radius 2 is 2.00 bits per heavy atom. The Morgan fingerprint density at radius 1 is 1.42 bits per heavy atom. The van der Waals surface area contributed by atoms with Crippen molar-refractivity contribution in [2.75, 3.05) is 6.54 Å². The topological polar surface area (TPSA) is 12.0 Å². The van der Waals surface area contributed by atoms with Crippen LogP contribution in [0.2, 0.25) is 0 Å². The van der Waals surface area contributed by atoms with Crippen molar-refractivity contribution in [2.24, 2.45) is 0 Å². The number of hydrogen-bond acceptors (Lipinski definition) is 1. The van der Waals surface area contributed by atoms with E-state index < -0.39 is 0 Å².